The standard InChI is InChI=1S/C23H25ClFN3O3/c1-14-4-2-3-9-28(14)13-22(29)26-17-6-7-18(25)19(12-17)27-23(30)21-11-15-10-16(24)5-8-20(15)31-21/h5-8,10,12,14,21H,2-4,9,11,13H2,1H3,(H,26,29)(H,27,30). The first-order valence-corrected chi connectivity index (χ1v) is 10.9. The molecule has 2 N–H and O–H groups in total. The Morgan fingerprint density at radius 2 is 2.03 bits per heavy atom. The molecule has 2 atom stereocenters. The van der Waals surface area contributed by atoms with E-state index in [1.165, 1.54) is 24.6 Å². The summed E-state index contributed by atoms with van der Waals surface area (Å²) in [5, 5.41) is 5.93. The van der Waals surface area contributed by atoms with Gasteiger partial charge < -0.3 is 15.4 Å². The number of likely N-dealkylation sites (tertiary alicyclic amines) is 1. The summed E-state index contributed by atoms with van der Waals surface area (Å²) in [6.45, 7) is 3.31. The molecule has 0 aliphatic carbocycles. The van der Waals surface area contributed by atoms with Crippen molar-refractivity contribution < 1.29 is 18.7 Å². The average Bonchev–Trinajstić information content (AvgIpc) is 3.15. The number of halogens is 2. The molecular weight excluding hydrogens is 421 g/mol. The first kappa shape index (κ1) is 21.6. The Bertz CT molecular complexity index is 1000. The van der Waals surface area contributed by atoms with Crippen LogP contribution in [0.3, 0.4) is 0 Å². The summed E-state index contributed by atoms with van der Waals surface area (Å²) < 4.78 is 20.0. The number of amides is 2. The van der Waals surface area contributed by atoms with E-state index in [2.05, 4.69) is 22.5 Å². The Hall–Kier alpha value is -2.64. The van der Waals surface area contributed by atoms with Gasteiger partial charge in [0.2, 0.25) is 5.91 Å². The van der Waals surface area contributed by atoms with Crippen LogP contribution >= 0.6 is 11.6 Å². The maximum absolute atomic E-state index is 14.3. The lowest BCUT2D eigenvalue weighted by Gasteiger charge is -2.32. The second kappa shape index (κ2) is 9.24. The SMILES string of the molecule is CC1CCCCN1CC(=O)Nc1ccc(F)c(NC(=O)C2Cc3cc(Cl)ccc3O2)c1. The summed E-state index contributed by atoms with van der Waals surface area (Å²) in [6, 6.07) is 9.65. The third kappa shape index (κ3) is 5.17. The molecule has 1 saturated heterocycles. The minimum absolute atomic E-state index is 0.00766. The van der Waals surface area contributed by atoms with Gasteiger partial charge in [-0.1, -0.05) is 18.0 Å². The lowest BCUT2D eigenvalue weighted by atomic mass is 10.0. The fourth-order valence-corrected chi connectivity index (χ4v) is 4.25. The first-order valence-electron chi connectivity index (χ1n) is 10.5. The number of carbonyl (C=O) groups excluding carboxylic acids is 2. The highest BCUT2D eigenvalue weighted by molar-refractivity contribution is 6.30. The van der Waals surface area contributed by atoms with Gasteiger partial charge in [0.15, 0.2) is 6.10 Å². The summed E-state index contributed by atoms with van der Waals surface area (Å²) in [6.07, 6.45) is 2.94. The van der Waals surface area contributed by atoms with Crippen molar-refractivity contribution in [2.75, 3.05) is 23.7 Å². The lowest BCUT2D eigenvalue weighted by molar-refractivity contribution is -0.122. The topological polar surface area (TPSA) is 70.7 Å². The van der Waals surface area contributed by atoms with Gasteiger partial charge >= 0.3 is 0 Å². The van der Waals surface area contributed by atoms with E-state index >= 15 is 0 Å². The maximum Gasteiger partial charge on any atom is 0.265 e. The minimum atomic E-state index is -0.772. The van der Waals surface area contributed by atoms with Crippen molar-refractivity contribution in [2.24, 2.45) is 0 Å². The van der Waals surface area contributed by atoms with Crippen LogP contribution in [0.1, 0.15) is 31.7 Å². The molecule has 0 bridgehead atoms. The number of hydrogen-bond acceptors (Lipinski definition) is 4. The summed E-state index contributed by atoms with van der Waals surface area (Å²) in [5.74, 6) is -0.617. The highest BCUT2D eigenvalue weighted by Crippen LogP contribution is 2.32. The molecule has 0 saturated carbocycles. The number of piperidine rings is 1. The van der Waals surface area contributed by atoms with Gasteiger partial charge in [0.1, 0.15) is 11.6 Å². The van der Waals surface area contributed by atoms with E-state index in [0.29, 0.717) is 28.9 Å². The third-order valence-corrected chi connectivity index (χ3v) is 6.02. The molecule has 8 heteroatoms. The zero-order valence-electron chi connectivity index (χ0n) is 17.3. The smallest absolute Gasteiger partial charge is 0.265 e. The number of rotatable bonds is 5. The quantitative estimate of drug-likeness (QED) is 0.722. The largest absolute Gasteiger partial charge is 0.480 e. The van der Waals surface area contributed by atoms with Crippen LogP contribution in [-0.2, 0) is 16.0 Å². The van der Waals surface area contributed by atoms with Gasteiger partial charge in [-0.3, -0.25) is 14.5 Å². The van der Waals surface area contributed by atoms with Crippen LogP contribution in [0.5, 0.6) is 5.75 Å². The number of nitrogens with zero attached hydrogens (tertiary/aromatic N) is 1. The number of benzene rings is 2. The van der Waals surface area contributed by atoms with Gasteiger partial charge in [-0.15, -0.1) is 0 Å². The van der Waals surface area contributed by atoms with E-state index < -0.39 is 17.8 Å². The van der Waals surface area contributed by atoms with Crippen molar-refractivity contribution in [2.45, 2.75) is 44.8 Å². The fraction of sp³-hybridized carbons (Fsp3) is 0.391. The number of nitrogens with one attached hydrogen (secondary N) is 2. The second-order valence-electron chi connectivity index (χ2n) is 8.11. The molecule has 2 aromatic rings. The predicted octanol–water partition coefficient (Wildman–Crippen LogP) is 4.23. The Labute approximate surface area is 185 Å². The molecule has 164 valence electrons. The molecule has 2 aliphatic rings. The van der Waals surface area contributed by atoms with E-state index in [4.69, 9.17) is 16.3 Å². The molecule has 6 nitrogen and oxygen atoms in total. The Balaban J connectivity index is 1.37. The van der Waals surface area contributed by atoms with Crippen molar-refractivity contribution in [3.05, 3.63) is 52.8 Å². The van der Waals surface area contributed by atoms with Gasteiger partial charge in [-0.05, 0) is 68.3 Å². The number of carbonyl (C=O) groups is 2. The first-order chi connectivity index (χ1) is 14.9. The molecule has 0 aromatic heterocycles. The molecule has 2 aromatic carbocycles. The van der Waals surface area contributed by atoms with Crippen LogP contribution in [0.25, 0.3) is 0 Å². The molecule has 2 aliphatic heterocycles. The Kier molecular flexibility index (Phi) is 6.43. The fourth-order valence-electron chi connectivity index (χ4n) is 4.05. The van der Waals surface area contributed by atoms with Crippen LogP contribution in [0, 0.1) is 5.82 Å². The van der Waals surface area contributed by atoms with Gasteiger partial charge in [0.25, 0.3) is 5.91 Å². The number of fused-ring (bicyclic) bond motifs is 1. The average molecular weight is 446 g/mol. The van der Waals surface area contributed by atoms with E-state index in [0.717, 1.165) is 24.9 Å². The van der Waals surface area contributed by atoms with E-state index in [1.807, 2.05) is 0 Å². The van der Waals surface area contributed by atoms with Gasteiger partial charge in [0, 0.05) is 23.2 Å². The van der Waals surface area contributed by atoms with E-state index in [-0.39, 0.29) is 18.1 Å². The summed E-state index contributed by atoms with van der Waals surface area (Å²) in [7, 11) is 0. The number of anilines is 2. The molecular formula is C23H25ClFN3O3. The Morgan fingerprint density at radius 3 is 2.84 bits per heavy atom. The molecule has 0 radical (unpaired) electrons. The predicted molar refractivity (Wildman–Crippen MR) is 118 cm³/mol. The lowest BCUT2D eigenvalue weighted by Crippen LogP contribution is -2.42. The monoisotopic (exact) mass is 445 g/mol. The van der Waals surface area contributed by atoms with Crippen molar-refractivity contribution in [3.8, 4) is 5.75 Å². The van der Waals surface area contributed by atoms with Crippen molar-refractivity contribution >= 4 is 34.8 Å². The number of ether oxygens (including phenoxy) is 1. The highest BCUT2D eigenvalue weighted by atomic mass is 35.5. The van der Waals surface area contributed by atoms with Crippen molar-refractivity contribution in [1.82, 2.24) is 4.90 Å². The Morgan fingerprint density at radius 1 is 1.19 bits per heavy atom. The molecule has 2 amide bonds. The van der Waals surface area contributed by atoms with Crippen LogP contribution < -0.4 is 15.4 Å². The molecule has 1 fully saturated rings. The highest BCUT2D eigenvalue weighted by Gasteiger charge is 2.30. The van der Waals surface area contributed by atoms with Crippen LogP contribution in [0.15, 0.2) is 36.4 Å². The molecule has 31 heavy (non-hydrogen) atoms. The van der Waals surface area contributed by atoms with E-state index in [9.17, 15) is 14.0 Å². The molecule has 2 heterocycles. The summed E-state index contributed by atoms with van der Waals surface area (Å²) in [4.78, 5) is 27.2. The maximum atomic E-state index is 14.3. The van der Waals surface area contributed by atoms with Crippen molar-refractivity contribution in [3.63, 3.8) is 0 Å². The zero-order chi connectivity index (χ0) is 22.0. The van der Waals surface area contributed by atoms with Crippen LogP contribution in [0.4, 0.5) is 15.8 Å². The number of hydrogen-bond donors (Lipinski definition) is 2. The zero-order valence-corrected chi connectivity index (χ0v) is 18.0. The molecule has 2 unspecified atom stereocenters. The minimum Gasteiger partial charge on any atom is -0.480 e. The van der Waals surface area contributed by atoms with Gasteiger partial charge in [-0.2, -0.15) is 0 Å². The third-order valence-electron chi connectivity index (χ3n) is 5.78. The van der Waals surface area contributed by atoms with Crippen molar-refractivity contribution in [1.29, 1.82) is 0 Å². The van der Waals surface area contributed by atoms with Crippen LogP contribution in [0.2, 0.25) is 5.02 Å². The van der Waals surface area contributed by atoms with E-state index in [1.54, 1.807) is 18.2 Å². The normalized spacial score (nSPS) is 20.6. The second-order valence-corrected chi connectivity index (χ2v) is 8.55. The summed E-state index contributed by atoms with van der Waals surface area (Å²) in [5.41, 5.74) is 1.25. The van der Waals surface area contributed by atoms with Gasteiger partial charge in [0.05, 0.1) is 12.2 Å². The summed E-state index contributed by atoms with van der Waals surface area (Å²) >= 11 is 5.99. The molecule has 4 rings (SSSR count). The van der Waals surface area contributed by atoms with Crippen LogP contribution in [-0.4, -0.2) is 41.9 Å². The van der Waals surface area contributed by atoms with Gasteiger partial charge in [-0.25, -0.2) is 4.39 Å². The molecule has 0 spiro atoms.